The summed E-state index contributed by atoms with van der Waals surface area (Å²) < 4.78 is 0. The van der Waals surface area contributed by atoms with Gasteiger partial charge >= 0.3 is 0 Å². The molecule has 0 saturated carbocycles. The van der Waals surface area contributed by atoms with Gasteiger partial charge in [-0.2, -0.15) is 0 Å². The number of rotatable bonds is 2. The lowest BCUT2D eigenvalue weighted by Crippen LogP contribution is -2.49. The summed E-state index contributed by atoms with van der Waals surface area (Å²) in [7, 11) is 0. The lowest BCUT2D eigenvalue weighted by molar-refractivity contribution is 0.140. The van der Waals surface area contributed by atoms with E-state index in [9.17, 15) is 0 Å². The van der Waals surface area contributed by atoms with Crippen molar-refractivity contribution in [3.8, 4) is 0 Å². The van der Waals surface area contributed by atoms with Gasteiger partial charge in [0.05, 0.1) is 0 Å². The van der Waals surface area contributed by atoms with Crippen molar-refractivity contribution >= 4 is 0 Å². The van der Waals surface area contributed by atoms with Crippen molar-refractivity contribution in [3.05, 3.63) is 35.4 Å². The first kappa shape index (κ1) is 12.8. The van der Waals surface area contributed by atoms with Crippen LogP contribution in [0.15, 0.2) is 24.3 Å². The van der Waals surface area contributed by atoms with Gasteiger partial charge in [-0.15, -0.1) is 0 Å². The molecule has 0 radical (unpaired) electrons. The fraction of sp³-hybridized carbons (Fsp3) is 0.667. The lowest BCUT2D eigenvalue weighted by atomic mass is 9.87. The Morgan fingerprint density at radius 2 is 1.90 bits per heavy atom. The molecule has 1 N–H and O–H groups in total. The van der Waals surface area contributed by atoms with Crippen LogP contribution in [0.3, 0.4) is 0 Å². The van der Waals surface area contributed by atoms with Crippen LogP contribution in [0, 0.1) is 0 Å². The van der Waals surface area contributed by atoms with Crippen LogP contribution < -0.4 is 5.32 Å². The van der Waals surface area contributed by atoms with Gasteiger partial charge in [-0.05, 0) is 69.2 Å². The van der Waals surface area contributed by atoms with Gasteiger partial charge in [-0.1, -0.05) is 24.3 Å². The van der Waals surface area contributed by atoms with Crippen LogP contribution in [-0.2, 0) is 12.8 Å². The Kier molecular flexibility index (Phi) is 3.53. The molecule has 0 spiro atoms. The van der Waals surface area contributed by atoms with Gasteiger partial charge in [0.1, 0.15) is 0 Å². The zero-order valence-electron chi connectivity index (χ0n) is 12.4. The van der Waals surface area contributed by atoms with Gasteiger partial charge in [0.15, 0.2) is 0 Å². The number of aryl methyl sites for hydroxylation is 1. The van der Waals surface area contributed by atoms with Gasteiger partial charge in [0, 0.05) is 18.1 Å². The molecule has 2 aliphatic heterocycles. The summed E-state index contributed by atoms with van der Waals surface area (Å²) in [6.45, 7) is 2.57. The Balaban J connectivity index is 1.50. The standard InChI is InChI=1S/C18H26N2/c1-2-6-15-13-16(10-9-14(15)5-1)20-12-4-8-18(20)17-7-3-11-19-17/h1-2,5-6,16-19H,3-4,7-13H2. The Labute approximate surface area is 122 Å². The minimum absolute atomic E-state index is 0.773. The van der Waals surface area contributed by atoms with E-state index in [0.717, 1.165) is 18.1 Å². The van der Waals surface area contributed by atoms with Crippen molar-refractivity contribution in [1.82, 2.24) is 10.2 Å². The maximum atomic E-state index is 3.75. The average Bonchev–Trinajstić information content (AvgIpc) is 3.17. The van der Waals surface area contributed by atoms with Gasteiger partial charge in [-0.25, -0.2) is 0 Å². The Hall–Kier alpha value is -0.860. The minimum atomic E-state index is 0.773. The molecule has 1 aromatic rings. The average molecular weight is 270 g/mol. The minimum Gasteiger partial charge on any atom is -0.312 e. The number of hydrogen-bond acceptors (Lipinski definition) is 2. The lowest BCUT2D eigenvalue weighted by Gasteiger charge is -2.38. The van der Waals surface area contributed by atoms with E-state index in [0.29, 0.717) is 0 Å². The first-order chi connectivity index (χ1) is 9.92. The molecule has 108 valence electrons. The van der Waals surface area contributed by atoms with Gasteiger partial charge in [0.25, 0.3) is 0 Å². The number of benzene rings is 1. The maximum Gasteiger partial charge on any atom is 0.0252 e. The topological polar surface area (TPSA) is 15.3 Å². The number of nitrogens with zero attached hydrogens (tertiary/aromatic N) is 1. The number of hydrogen-bond donors (Lipinski definition) is 1. The maximum absolute atomic E-state index is 3.75. The molecular weight excluding hydrogens is 244 g/mol. The third-order valence-electron chi connectivity index (χ3n) is 5.69. The molecule has 2 fully saturated rings. The molecule has 4 rings (SSSR count). The SMILES string of the molecule is c1ccc2c(c1)CCC(N1CCCC1C1CCCN1)C2. The van der Waals surface area contributed by atoms with Crippen molar-refractivity contribution in [2.75, 3.05) is 13.1 Å². The Morgan fingerprint density at radius 3 is 2.75 bits per heavy atom. The molecule has 3 atom stereocenters. The number of likely N-dealkylation sites (tertiary alicyclic amines) is 1. The molecule has 1 aliphatic carbocycles. The summed E-state index contributed by atoms with van der Waals surface area (Å²) in [6, 6.07) is 11.5. The zero-order chi connectivity index (χ0) is 13.4. The predicted molar refractivity (Wildman–Crippen MR) is 83.0 cm³/mol. The normalized spacial score (nSPS) is 34.3. The van der Waals surface area contributed by atoms with E-state index in [1.807, 2.05) is 0 Å². The van der Waals surface area contributed by atoms with Crippen LogP contribution >= 0.6 is 0 Å². The molecule has 3 unspecified atom stereocenters. The fourth-order valence-corrected chi connectivity index (χ4v) is 4.70. The van der Waals surface area contributed by atoms with E-state index in [2.05, 4.69) is 34.5 Å². The zero-order valence-corrected chi connectivity index (χ0v) is 12.4. The highest BCUT2D eigenvalue weighted by molar-refractivity contribution is 5.30. The van der Waals surface area contributed by atoms with E-state index < -0.39 is 0 Å². The van der Waals surface area contributed by atoms with Gasteiger partial charge < -0.3 is 5.32 Å². The molecule has 2 heteroatoms. The predicted octanol–water partition coefficient (Wildman–Crippen LogP) is 2.76. The third-order valence-corrected chi connectivity index (χ3v) is 5.69. The summed E-state index contributed by atoms with van der Waals surface area (Å²) in [6.07, 6.45) is 9.51. The van der Waals surface area contributed by atoms with Crippen LogP contribution in [-0.4, -0.2) is 36.1 Å². The number of nitrogens with one attached hydrogen (secondary N) is 1. The van der Waals surface area contributed by atoms with E-state index in [-0.39, 0.29) is 0 Å². The van der Waals surface area contributed by atoms with E-state index in [1.54, 1.807) is 11.1 Å². The molecule has 20 heavy (non-hydrogen) atoms. The highest BCUT2D eigenvalue weighted by Crippen LogP contribution is 2.32. The molecule has 0 aromatic heterocycles. The number of fused-ring (bicyclic) bond motifs is 1. The summed E-state index contributed by atoms with van der Waals surface area (Å²) in [4.78, 5) is 2.86. The molecule has 3 aliphatic rings. The largest absolute Gasteiger partial charge is 0.312 e. The second-order valence-corrected chi connectivity index (χ2v) is 6.82. The summed E-state index contributed by atoms with van der Waals surface area (Å²) >= 11 is 0. The monoisotopic (exact) mass is 270 g/mol. The van der Waals surface area contributed by atoms with Crippen molar-refractivity contribution in [1.29, 1.82) is 0 Å². The quantitative estimate of drug-likeness (QED) is 0.889. The van der Waals surface area contributed by atoms with Crippen LogP contribution in [0.2, 0.25) is 0 Å². The highest BCUT2D eigenvalue weighted by Gasteiger charge is 2.37. The van der Waals surface area contributed by atoms with Crippen LogP contribution in [0.4, 0.5) is 0 Å². The van der Waals surface area contributed by atoms with Crippen molar-refractivity contribution in [2.45, 2.75) is 63.1 Å². The Morgan fingerprint density at radius 1 is 1.00 bits per heavy atom. The second-order valence-electron chi connectivity index (χ2n) is 6.82. The molecule has 0 bridgehead atoms. The van der Waals surface area contributed by atoms with Crippen molar-refractivity contribution in [2.24, 2.45) is 0 Å². The van der Waals surface area contributed by atoms with Crippen molar-refractivity contribution < 1.29 is 0 Å². The highest BCUT2D eigenvalue weighted by atomic mass is 15.2. The second kappa shape index (κ2) is 5.50. The summed E-state index contributed by atoms with van der Waals surface area (Å²) in [5.74, 6) is 0. The van der Waals surface area contributed by atoms with Gasteiger partial charge in [-0.3, -0.25) is 4.90 Å². The molecular formula is C18H26N2. The summed E-state index contributed by atoms with van der Waals surface area (Å²) in [5.41, 5.74) is 3.20. The fourth-order valence-electron chi connectivity index (χ4n) is 4.70. The smallest absolute Gasteiger partial charge is 0.0252 e. The first-order valence-electron chi connectivity index (χ1n) is 8.48. The van der Waals surface area contributed by atoms with Crippen LogP contribution in [0.25, 0.3) is 0 Å². The Bertz CT molecular complexity index is 464. The third kappa shape index (κ3) is 2.29. The van der Waals surface area contributed by atoms with Crippen molar-refractivity contribution in [3.63, 3.8) is 0 Å². The van der Waals surface area contributed by atoms with E-state index in [1.165, 1.54) is 58.0 Å². The van der Waals surface area contributed by atoms with Crippen LogP contribution in [0.1, 0.15) is 43.2 Å². The molecule has 1 aromatic carbocycles. The molecule has 2 saturated heterocycles. The van der Waals surface area contributed by atoms with Crippen LogP contribution in [0.5, 0.6) is 0 Å². The summed E-state index contributed by atoms with van der Waals surface area (Å²) in [5, 5.41) is 3.75. The molecule has 2 nitrogen and oxygen atoms in total. The van der Waals surface area contributed by atoms with E-state index >= 15 is 0 Å². The molecule has 0 amide bonds. The first-order valence-corrected chi connectivity index (χ1v) is 8.48. The van der Waals surface area contributed by atoms with E-state index in [4.69, 9.17) is 0 Å². The molecule has 2 heterocycles. The van der Waals surface area contributed by atoms with Gasteiger partial charge in [0.2, 0.25) is 0 Å².